The molecule has 1 aromatic heterocycles. The molecule has 1 saturated heterocycles. The Hall–Kier alpha value is -3.89. The molecule has 1 fully saturated rings. The van der Waals surface area contributed by atoms with Gasteiger partial charge in [-0.15, -0.1) is 0 Å². The molecule has 0 atom stereocenters. The van der Waals surface area contributed by atoms with E-state index in [1.165, 1.54) is 11.8 Å². The summed E-state index contributed by atoms with van der Waals surface area (Å²) in [6, 6.07) is 15.4. The summed E-state index contributed by atoms with van der Waals surface area (Å²) in [5.74, 6) is -1.18. The third kappa shape index (κ3) is 7.05. The fourth-order valence-corrected chi connectivity index (χ4v) is 4.19. The van der Waals surface area contributed by atoms with Crippen molar-refractivity contribution < 1.29 is 19.4 Å². The van der Waals surface area contributed by atoms with E-state index in [2.05, 4.69) is 37.6 Å². The minimum Gasteiger partial charge on any atom is -0.478 e. The van der Waals surface area contributed by atoms with Crippen molar-refractivity contribution >= 4 is 46.6 Å². The van der Waals surface area contributed by atoms with Crippen molar-refractivity contribution in [2.75, 3.05) is 41.8 Å². The second-order valence-electron chi connectivity index (χ2n) is 7.74. The molecule has 2 aromatic carbocycles. The number of carboxylic acid groups (broad SMARTS) is 1. The largest absolute Gasteiger partial charge is 0.478 e. The van der Waals surface area contributed by atoms with Gasteiger partial charge in [-0.3, -0.25) is 4.79 Å². The van der Waals surface area contributed by atoms with Crippen molar-refractivity contribution in [3.8, 4) is 0 Å². The fourth-order valence-electron chi connectivity index (χ4n) is 3.35. The zero-order valence-electron chi connectivity index (χ0n) is 19.1. The van der Waals surface area contributed by atoms with Crippen molar-refractivity contribution in [2.24, 2.45) is 0 Å². The molecule has 0 unspecified atom stereocenters. The fraction of sp³-hybridized carbons (Fsp3) is 0.200. The summed E-state index contributed by atoms with van der Waals surface area (Å²) in [7, 11) is 0. The first-order valence-corrected chi connectivity index (χ1v) is 11.8. The predicted molar refractivity (Wildman–Crippen MR) is 135 cm³/mol. The van der Waals surface area contributed by atoms with Gasteiger partial charge in [0.1, 0.15) is 5.03 Å². The van der Waals surface area contributed by atoms with Crippen LogP contribution in [0.4, 0.5) is 23.0 Å². The van der Waals surface area contributed by atoms with Crippen LogP contribution in [0.25, 0.3) is 0 Å². The van der Waals surface area contributed by atoms with E-state index in [9.17, 15) is 9.59 Å². The molecule has 0 spiro atoms. The lowest BCUT2D eigenvalue weighted by Gasteiger charge is -2.28. The summed E-state index contributed by atoms with van der Waals surface area (Å²) in [6.07, 6.45) is 3.55. The highest BCUT2D eigenvalue weighted by molar-refractivity contribution is 7.99. The molecule has 1 aliphatic rings. The number of benzene rings is 2. The average Bonchev–Trinajstić information content (AvgIpc) is 2.87. The molecule has 0 radical (unpaired) electrons. The van der Waals surface area contributed by atoms with Gasteiger partial charge in [0.05, 0.1) is 13.2 Å². The number of aliphatic carboxylic acids is 1. The molecular weight excluding hydrogens is 466 g/mol. The average molecular weight is 492 g/mol. The van der Waals surface area contributed by atoms with Gasteiger partial charge < -0.3 is 25.4 Å². The number of carboxylic acids is 1. The standard InChI is InChI=1S/C25H25N5O4S/c1-17-16-26-25(28-19-2-6-20(7-3-19)30-12-14-34-15-13-30)29-24(17)35-21-8-4-18(5-9-21)27-22(31)10-11-23(32)33/h2-11,16H,12-15H2,1H3,(H,27,31)(H,32,33)(H,26,28,29)/b11-10-. The maximum atomic E-state index is 11.7. The van der Waals surface area contributed by atoms with Crippen LogP contribution in [-0.2, 0) is 14.3 Å². The van der Waals surface area contributed by atoms with E-state index in [-0.39, 0.29) is 0 Å². The number of nitrogens with zero attached hydrogens (tertiary/aromatic N) is 3. The van der Waals surface area contributed by atoms with E-state index < -0.39 is 11.9 Å². The van der Waals surface area contributed by atoms with Gasteiger partial charge in [0, 0.05) is 59.0 Å². The number of amides is 1. The molecule has 2 heterocycles. The molecular formula is C25H25N5O4S. The van der Waals surface area contributed by atoms with E-state index in [0.29, 0.717) is 11.6 Å². The van der Waals surface area contributed by atoms with Crippen LogP contribution in [0.3, 0.4) is 0 Å². The van der Waals surface area contributed by atoms with E-state index in [1.54, 1.807) is 18.3 Å². The number of anilines is 4. The van der Waals surface area contributed by atoms with Crippen LogP contribution < -0.4 is 15.5 Å². The Morgan fingerprint density at radius 3 is 2.40 bits per heavy atom. The highest BCUT2D eigenvalue weighted by Crippen LogP contribution is 2.30. The highest BCUT2D eigenvalue weighted by Gasteiger charge is 2.11. The molecule has 0 saturated carbocycles. The van der Waals surface area contributed by atoms with Gasteiger partial charge >= 0.3 is 5.97 Å². The number of morpholine rings is 1. The number of nitrogens with one attached hydrogen (secondary N) is 2. The topological polar surface area (TPSA) is 117 Å². The lowest BCUT2D eigenvalue weighted by atomic mass is 10.2. The van der Waals surface area contributed by atoms with Crippen LogP contribution >= 0.6 is 11.8 Å². The third-order valence-corrected chi connectivity index (χ3v) is 6.25. The van der Waals surface area contributed by atoms with Crippen molar-refractivity contribution in [3.63, 3.8) is 0 Å². The van der Waals surface area contributed by atoms with Crippen molar-refractivity contribution in [1.82, 2.24) is 9.97 Å². The number of aromatic nitrogens is 2. The Kier molecular flexibility index (Phi) is 7.96. The van der Waals surface area contributed by atoms with Gasteiger partial charge in [-0.05, 0) is 55.5 Å². The third-order valence-electron chi connectivity index (χ3n) is 5.14. The summed E-state index contributed by atoms with van der Waals surface area (Å²) in [4.78, 5) is 34.5. The lowest BCUT2D eigenvalue weighted by molar-refractivity contribution is -0.131. The number of hydrogen-bond acceptors (Lipinski definition) is 8. The van der Waals surface area contributed by atoms with Crippen LogP contribution in [0.1, 0.15) is 5.56 Å². The SMILES string of the molecule is Cc1cnc(Nc2ccc(N3CCOCC3)cc2)nc1Sc1ccc(NC(=O)/C=C\C(=O)O)cc1. The number of rotatable bonds is 8. The molecule has 1 aliphatic heterocycles. The van der Waals surface area contributed by atoms with E-state index >= 15 is 0 Å². The van der Waals surface area contributed by atoms with Gasteiger partial charge in [0.2, 0.25) is 11.9 Å². The first-order valence-electron chi connectivity index (χ1n) is 11.0. The summed E-state index contributed by atoms with van der Waals surface area (Å²) in [5, 5.41) is 15.3. The second kappa shape index (κ2) is 11.5. The Labute approximate surface area is 207 Å². The molecule has 1 amide bonds. The van der Waals surface area contributed by atoms with Gasteiger partial charge in [-0.2, -0.15) is 0 Å². The number of ether oxygens (including phenoxy) is 1. The van der Waals surface area contributed by atoms with E-state index in [4.69, 9.17) is 9.84 Å². The molecule has 10 heteroatoms. The van der Waals surface area contributed by atoms with Gasteiger partial charge in [-0.25, -0.2) is 14.8 Å². The first kappa shape index (κ1) is 24.2. The summed E-state index contributed by atoms with van der Waals surface area (Å²) >= 11 is 1.49. The zero-order chi connectivity index (χ0) is 24.6. The van der Waals surface area contributed by atoms with Crippen molar-refractivity contribution in [3.05, 3.63) is 72.4 Å². The van der Waals surface area contributed by atoms with E-state index in [0.717, 1.165) is 65.3 Å². The Morgan fingerprint density at radius 2 is 1.71 bits per heavy atom. The van der Waals surface area contributed by atoms with Crippen LogP contribution in [-0.4, -0.2) is 53.3 Å². The number of carbonyl (C=O) groups is 2. The van der Waals surface area contributed by atoms with Gasteiger partial charge in [0.25, 0.3) is 0 Å². The first-order chi connectivity index (χ1) is 17.0. The lowest BCUT2D eigenvalue weighted by Crippen LogP contribution is -2.36. The van der Waals surface area contributed by atoms with E-state index in [1.807, 2.05) is 31.2 Å². The van der Waals surface area contributed by atoms with Gasteiger partial charge in [-0.1, -0.05) is 11.8 Å². The minimum absolute atomic E-state index is 0.506. The molecule has 180 valence electrons. The predicted octanol–water partition coefficient (Wildman–Crippen LogP) is 4.10. The maximum absolute atomic E-state index is 11.7. The Balaban J connectivity index is 1.38. The van der Waals surface area contributed by atoms with Crippen molar-refractivity contribution in [1.29, 1.82) is 0 Å². The molecule has 4 rings (SSSR count). The number of hydrogen-bond donors (Lipinski definition) is 3. The Bertz CT molecular complexity index is 1210. The summed E-state index contributed by atoms with van der Waals surface area (Å²) < 4.78 is 5.41. The minimum atomic E-state index is -1.18. The van der Waals surface area contributed by atoms with Crippen LogP contribution in [0.15, 0.2) is 76.8 Å². The summed E-state index contributed by atoms with van der Waals surface area (Å²) in [5.41, 5.74) is 3.58. The molecule has 0 aliphatic carbocycles. The Morgan fingerprint density at radius 1 is 1.03 bits per heavy atom. The molecule has 35 heavy (non-hydrogen) atoms. The summed E-state index contributed by atoms with van der Waals surface area (Å²) in [6.45, 7) is 5.23. The van der Waals surface area contributed by atoms with Crippen molar-refractivity contribution in [2.45, 2.75) is 16.8 Å². The highest BCUT2D eigenvalue weighted by atomic mass is 32.2. The molecule has 9 nitrogen and oxygen atoms in total. The normalized spacial score (nSPS) is 13.6. The quantitative estimate of drug-likeness (QED) is 0.316. The molecule has 3 N–H and O–H groups in total. The molecule has 0 bridgehead atoms. The maximum Gasteiger partial charge on any atom is 0.328 e. The zero-order valence-corrected chi connectivity index (χ0v) is 19.9. The van der Waals surface area contributed by atoms with Crippen LogP contribution in [0.5, 0.6) is 0 Å². The molecule has 3 aromatic rings. The monoisotopic (exact) mass is 491 g/mol. The smallest absolute Gasteiger partial charge is 0.328 e. The second-order valence-corrected chi connectivity index (χ2v) is 8.80. The number of carbonyl (C=O) groups excluding carboxylic acids is 1. The van der Waals surface area contributed by atoms with Crippen LogP contribution in [0.2, 0.25) is 0 Å². The van der Waals surface area contributed by atoms with Gasteiger partial charge in [0.15, 0.2) is 0 Å². The number of aryl methyl sites for hydroxylation is 1. The van der Waals surface area contributed by atoms with Crippen LogP contribution in [0, 0.1) is 6.92 Å².